The lowest BCUT2D eigenvalue weighted by Gasteiger charge is -2.40. The van der Waals surface area contributed by atoms with Crippen molar-refractivity contribution >= 4 is 17.5 Å². The van der Waals surface area contributed by atoms with Crippen molar-refractivity contribution in [2.75, 3.05) is 26.2 Å². The Kier molecular flexibility index (Phi) is 6.37. The number of nitrogens with zero attached hydrogens (tertiary/aromatic N) is 2. The molecule has 0 unspecified atom stereocenters. The number of amides is 1. The Morgan fingerprint density at radius 2 is 1.68 bits per heavy atom. The number of benzene rings is 1. The highest BCUT2D eigenvalue weighted by Crippen LogP contribution is 2.28. The molecule has 1 aromatic carbocycles. The van der Waals surface area contributed by atoms with Crippen molar-refractivity contribution in [1.82, 2.24) is 15.1 Å². The van der Waals surface area contributed by atoms with Crippen molar-refractivity contribution < 1.29 is 4.79 Å². The molecule has 1 N–H and O–H groups in total. The van der Waals surface area contributed by atoms with Gasteiger partial charge in [0.05, 0.1) is 6.04 Å². The highest BCUT2D eigenvalue weighted by molar-refractivity contribution is 6.31. The van der Waals surface area contributed by atoms with Crippen molar-refractivity contribution in [3.8, 4) is 0 Å². The number of halogens is 1. The fourth-order valence-electron chi connectivity index (χ4n) is 4.08. The first-order valence-corrected chi connectivity index (χ1v) is 9.97. The van der Waals surface area contributed by atoms with Gasteiger partial charge in [0, 0.05) is 43.3 Å². The van der Waals surface area contributed by atoms with Crippen LogP contribution < -0.4 is 5.32 Å². The minimum atomic E-state index is -0.0432. The quantitative estimate of drug-likeness (QED) is 0.870. The number of piperazine rings is 1. The number of hydrogen-bond donors (Lipinski definition) is 1. The second kappa shape index (κ2) is 8.52. The highest BCUT2D eigenvalue weighted by Gasteiger charge is 2.29. The number of carbonyl (C=O) groups excluding carboxylic acids is 1. The first-order chi connectivity index (χ1) is 12.1. The minimum absolute atomic E-state index is 0.0432. The fourth-order valence-corrected chi connectivity index (χ4v) is 4.37. The Labute approximate surface area is 156 Å². The zero-order chi connectivity index (χ0) is 17.8. The lowest BCUT2D eigenvalue weighted by Crippen LogP contribution is -2.55. The fraction of sp³-hybridized carbons (Fsp3) is 0.650. The molecule has 2 aliphatic rings. The second-order valence-electron chi connectivity index (χ2n) is 7.44. The van der Waals surface area contributed by atoms with E-state index in [1.165, 1.54) is 18.4 Å². The van der Waals surface area contributed by atoms with E-state index in [2.05, 4.69) is 28.1 Å². The van der Waals surface area contributed by atoms with E-state index < -0.39 is 0 Å². The van der Waals surface area contributed by atoms with Gasteiger partial charge in [0.15, 0.2) is 0 Å². The summed E-state index contributed by atoms with van der Waals surface area (Å²) in [7, 11) is 0. The van der Waals surface area contributed by atoms with E-state index in [1.807, 2.05) is 25.1 Å². The molecule has 25 heavy (non-hydrogen) atoms. The Morgan fingerprint density at radius 1 is 1.08 bits per heavy atom. The van der Waals surface area contributed by atoms with E-state index >= 15 is 0 Å². The second-order valence-corrected chi connectivity index (χ2v) is 7.84. The van der Waals surface area contributed by atoms with Gasteiger partial charge in [-0.25, -0.2) is 0 Å². The van der Waals surface area contributed by atoms with Gasteiger partial charge in [-0.3, -0.25) is 14.6 Å². The summed E-state index contributed by atoms with van der Waals surface area (Å²) in [5.74, 6) is 0.194. The van der Waals surface area contributed by atoms with Gasteiger partial charge in [0.1, 0.15) is 0 Å². The molecule has 1 aliphatic heterocycles. The van der Waals surface area contributed by atoms with Crippen LogP contribution in [-0.4, -0.2) is 54.0 Å². The Balaban J connectivity index is 1.51. The maximum Gasteiger partial charge on any atom is 0.237 e. The maximum atomic E-state index is 12.5. The van der Waals surface area contributed by atoms with Crippen LogP contribution in [0.3, 0.4) is 0 Å². The van der Waals surface area contributed by atoms with Crippen molar-refractivity contribution in [3.63, 3.8) is 0 Å². The van der Waals surface area contributed by atoms with Crippen molar-refractivity contribution in [3.05, 3.63) is 34.9 Å². The Bertz CT molecular complexity index is 580. The van der Waals surface area contributed by atoms with Crippen LogP contribution in [0.5, 0.6) is 0 Å². The molecular formula is C20H30ClN3O. The smallest absolute Gasteiger partial charge is 0.237 e. The van der Waals surface area contributed by atoms with Crippen LogP contribution in [0.2, 0.25) is 5.02 Å². The molecule has 1 heterocycles. The number of hydrogen-bond acceptors (Lipinski definition) is 3. The minimum Gasteiger partial charge on any atom is -0.352 e. The summed E-state index contributed by atoms with van der Waals surface area (Å²) in [5, 5.41) is 4.07. The molecule has 1 aromatic rings. The van der Waals surface area contributed by atoms with E-state index in [0.29, 0.717) is 12.1 Å². The van der Waals surface area contributed by atoms with Crippen LogP contribution in [0.25, 0.3) is 0 Å². The molecule has 2 atom stereocenters. The van der Waals surface area contributed by atoms with Gasteiger partial charge < -0.3 is 5.32 Å². The number of rotatable bonds is 5. The van der Waals surface area contributed by atoms with Crippen LogP contribution in [0, 0.1) is 0 Å². The molecule has 0 aromatic heterocycles. The van der Waals surface area contributed by atoms with Gasteiger partial charge in [-0.1, -0.05) is 42.6 Å². The van der Waals surface area contributed by atoms with Crippen molar-refractivity contribution in [1.29, 1.82) is 0 Å². The van der Waals surface area contributed by atoms with Gasteiger partial charge in [-0.05, 0) is 38.3 Å². The number of carbonyl (C=O) groups is 1. The molecule has 0 radical (unpaired) electrons. The standard InChI is InChI=1S/C20H30ClN3O/c1-15(18-9-5-6-10-19(18)21)23-11-13-24(14-12-23)16(2)20(25)22-17-7-3-4-8-17/h5-6,9-10,15-17H,3-4,7-8,11-14H2,1-2H3,(H,22,25)/t15-,16+/m1/s1. The van der Waals surface area contributed by atoms with Gasteiger partial charge in [0.25, 0.3) is 0 Å². The summed E-state index contributed by atoms with van der Waals surface area (Å²) in [5.41, 5.74) is 1.18. The van der Waals surface area contributed by atoms with Crippen LogP contribution in [-0.2, 0) is 4.79 Å². The van der Waals surface area contributed by atoms with Crippen molar-refractivity contribution in [2.45, 2.75) is 57.7 Å². The van der Waals surface area contributed by atoms with E-state index in [4.69, 9.17) is 11.6 Å². The Hall–Kier alpha value is -1.10. The summed E-state index contributed by atoms with van der Waals surface area (Å²) in [4.78, 5) is 17.3. The lowest BCUT2D eigenvalue weighted by atomic mass is 10.1. The molecule has 1 saturated carbocycles. The van der Waals surface area contributed by atoms with Gasteiger partial charge in [0.2, 0.25) is 5.91 Å². The monoisotopic (exact) mass is 363 g/mol. The third kappa shape index (κ3) is 4.55. The predicted octanol–water partition coefficient (Wildman–Crippen LogP) is 3.47. The molecule has 4 nitrogen and oxygen atoms in total. The van der Waals surface area contributed by atoms with Crippen LogP contribution in [0.4, 0.5) is 0 Å². The third-order valence-electron chi connectivity index (χ3n) is 5.88. The van der Waals surface area contributed by atoms with E-state index in [9.17, 15) is 4.79 Å². The molecule has 5 heteroatoms. The van der Waals surface area contributed by atoms with Gasteiger partial charge in [-0.15, -0.1) is 0 Å². The SMILES string of the molecule is C[C@H](c1ccccc1Cl)N1CCN([C@@H](C)C(=O)NC2CCCC2)CC1. The molecule has 0 bridgehead atoms. The maximum absolute atomic E-state index is 12.5. The van der Waals surface area contributed by atoms with Gasteiger partial charge >= 0.3 is 0 Å². The zero-order valence-corrected chi connectivity index (χ0v) is 16.1. The predicted molar refractivity (Wildman–Crippen MR) is 103 cm³/mol. The molecule has 1 amide bonds. The third-order valence-corrected chi connectivity index (χ3v) is 6.22. The highest BCUT2D eigenvalue weighted by atomic mass is 35.5. The molecule has 2 fully saturated rings. The molecule has 1 saturated heterocycles. The molecule has 1 aliphatic carbocycles. The topological polar surface area (TPSA) is 35.6 Å². The summed E-state index contributed by atoms with van der Waals surface area (Å²) >= 11 is 6.35. The first kappa shape index (κ1) is 18.7. The van der Waals surface area contributed by atoms with E-state index in [0.717, 1.165) is 44.0 Å². The van der Waals surface area contributed by atoms with E-state index in [-0.39, 0.29) is 11.9 Å². The molecular weight excluding hydrogens is 334 g/mol. The Morgan fingerprint density at radius 3 is 2.32 bits per heavy atom. The zero-order valence-electron chi connectivity index (χ0n) is 15.4. The largest absolute Gasteiger partial charge is 0.352 e. The van der Waals surface area contributed by atoms with E-state index in [1.54, 1.807) is 0 Å². The normalized spacial score (nSPS) is 22.7. The number of nitrogens with one attached hydrogen (secondary N) is 1. The van der Waals surface area contributed by atoms with Crippen molar-refractivity contribution in [2.24, 2.45) is 0 Å². The summed E-state index contributed by atoms with van der Waals surface area (Å²) in [6.45, 7) is 8.04. The molecule has 138 valence electrons. The van der Waals surface area contributed by atoms with Gasteiger partial charge in [-0.2, -0.15) is 0 Å². The first-order valence-electron chi connectivity index (χ1n) is 9.59. The lowest BCUT2D eigenvalue weighted by molar-refractivity contribution is -0.127. The summed E-state index contributed by atoms with van der Waals surface area (Å²) < 4.78 is 0. The van der Waals surface area contributed by atoms with Crippen LogP contribution >= 0.6 is 11.6 Å². The average Bonchev–Trinajstić information content (AvgIpc) is 3.14. The molecule has 0 spiro atoms. The summed E-state index contributed by atoms with van der Waals surface area (Å²) in [6, 6.07) is 8.74. The van der Waals surface area contributed by atoms with Crippen LogP contribution in [0.15, 0.2) is 24.3 Å². The summed E-state index contributed by atoms with van der Waals surface area (Å²) in [6.07, 6.45) is 4.78. The average molecular weight is 364 g/mol. The van der Waals surface area contributed by atoms with Crippen LogP contribution in [0.1, 0.15) is 51.1 Å². The molecule has 3 rings (SSSR count).